The van der Waals surface area contributed by atoms with Crippen molar-refractivity contribution < 1.29 is 9.90 Å². The maximum absolute atomic E-state index is 12.2. The summed E-state index contributed by atoms with van der Waals surface area (Å²) < 4.78 is 0. The van der Waals surface area contributed by atoms with Gasteiger partial charge in [-0.05, 0) is 25.3 Å². The van der Waals surface area contributed by atoms with Gasteiger partial charge in [-0.3, -0.25) is 15.1 Å². The predicted molar refractivity (Wildman–Crippen MR) is 80.3 cm³/mol. The summed E-state index contributed by atoms with van der Waals surface area (Å²) in [6, 6.07) is 1.65. The van der Waals surface area contributed by atoms with Crippen LogP contribution in [0.3, 0.4) is 0 Å². The Morgan fingerprint density at radius 2 is 2.33 bits per heavy atom. The minimum Gasteiger partial charge on any atom is -0.384 e. The van der Waals surface area contributed by atoms with Gasteiger partial charge in [0, 0.05) is 22.8 Å². The van der Waals surface area contributed by atoms with Crippen molar-refractivity contribution in [3.63, 3.8) is 0 Å². The molecule has 0 aliphatic heterocycles. The Hall–Kier alpha value is -2.23. The first-order valence-corrected chi connectivity index (χ1v) is 7.42. The summed E-state index contributed by atoms with van der Waals surface area (Å²) in [4.78, 5) is 21.9. The molecule has 5 nitrogen and oxygen atoms in total. The number of fused-ring (bicyclic) bond motifs is 1. The summed E-state index contributed by atoms with van der Waals surface area (Å²) in [5.41, 5.74) is 2.13. The van der Waals surface area contributed by atoms with Gasteiger partial charge in [-0.15, -0.1) is 11.3 Å². The molecule has 3 rings (SSSR count). The number of hydrogen-bond donors (Lipinski definition) is 2. The normalized spacial score (nSPS) is 12.4. The molecule has 1 amide bonds. The van der Waals surface area contributed by atoms with Crippen LogP contribution in [0.15, 0.2) is 18.5 Å². The van der Waals surface area contributed by atoms with Crippen LogP contribution >= 0.6 is 11.3 Å². The second-order valence-electron chi connectivity index (χ2n) is 4.62. The molecule has 0 saturated carbocycles. The van der Waals surface area contributed by atoms with Crippen molar-refractivity contribution in [1.29, 1.82) is 0 Å². The molecule has 0 unspecified atom stereocenters. The Kier molecular flexibility index (Phi) is 3.95. The van der Waals surface area contributed by atoms with Crippen molar-refractivity contribution in [2.75, 3.05) is 11.9 Å². The number of hydrogen-bond acceptors (Lipinski definition) is 5. The number of rotatable bonds is 2. The summed E-state index contributed by atoms with van der Waals surface area (Å²) in [5.74, 6) is 5.01. The van der Waals surface area contributed by atoms with Gasteiger partial charge in [-0.25, -0.2) is 4.98 Å². The van der Waals surface area contributed by atoms with E-state index in [1.807, 2.05) is 0 Å². The second-order valence-corrected chi connectivity index (χ2v) is 5.70. The summed E-state index contributed by atoms with van der Waals surface area (Å²) in [5, 5.41) is 12.1. The number of anilines is 1. The first-order chi connectivity index (χ1) is 10.3. The number of aromatic nitrogens is 2. The topological polar surface area (TPSA) is 75.1 Å². The minimum absolute atomic E-state index is 0.221. The van der Waals surface area contributed by atoms with Gasteiger partial charge in [0.2, 0.25) is 0 Å². The average molecular weight is 299 g/mol. The van der Waals surface area contributed by atoms with Crippen molar-refractivity contribution in [1.82, 2.24) is 9.97 Å². The Labute approximate surface area is 126 Å². The maximum Gasteiger partial charge on any atom is 0.259 e. The highest BCUT2D eigenvalue weighted by Crippen LogP contribution is 2.30. The molecule has 2 aromatic rings. The van der Waals surface area contributed by atoms with Crippen LogP contribution in [0.4, 0.5) is 5.13 Å². The molecule has 0 aromatic carbocycles. The minimum atomic E-state index is -0.248. The van der Waals surface area contributed by atoms with Crippen LogP contribution in [0.5, 0.6) is 0 Å². The molecule has 2 N–H and O–H groups in total. The zero-order valence-electron chi connectivity index (χ0n) is 11.2. The summed E-state index contributed by atoms with van der Waals surface area (Å²) >= 11 is 1.54. The third-order valence-corrected chi connectivity index (χ3v) is 4.20. The lowest BCUT2D eigenvalue weighted by molar-refractivity contribution is 0.102. The predicted octanol–water partition coefficient (Wildman–Crippen LogP) is 1.62. The monoisotopic (exact) mass is 299 g/mol. The number of thiazole rings is 1. The summed E-state index contributed by atoms with van der Waals surface area (Å²) in [6.07, 6.45) is 6.24. The first-order valence-electron chi connectivity index (χ1n) is 6.61. The summed E-state index contributed by atoms with van der Waals surface area (Å²) in [7, 11) is 0. The lowest BCUT2D eigenvalue weighted by Gasteiger charge is -2.01. The highest BCUT2D eigenvalue weighted by Gasteiger charge is 2.18. The standard InChI is InChI=1S/C15H13N3O2S/c19-6-2-3-10-7-11(9-16-8-10)14(20)18-15-17-12-4-1-5-13(12)21-15/h7-9,19H,1,4-6H2,(H,17,18,20). The Balaban J connectivity index is 1.75. The van der Waals surface area contributed by atoms with E-state index in [1.165, 1.54) is 22.4 Å². The molecule has 0 fully saturated rings. The van der Waals surface area contributed by atoms with Crippen molar-refractivity contribution in [3.05, 3.63) is 40.2 Å². The van der Waals surface area contributed by atoms with Crippen LogP contribution in [0.1, 0.15) is 32.9 Å². The van der Waals surface area contributed by atoms with Gasteiger partial charge in [-0.1, -0.05) is 11.8 Å². The molecule has 0 bridgehead atoms. The van der Waals surface area contributed by atoms with Gasteiger partial charge in [0.05, 0.1) is 11.3 Å². The van der Waals surface area contributed by atoms with E-state index in [0.29, 0.717) is 16.3 Å². The van der Waals surface area contributed by atoms with Gasteiger partial charge in [-0.2, -0.15) is 0 Å². The van der Waals surface area contributed by atoms with E-state index >= 15 is 0 Å². The number of aliphatic hydroxyl groups excluding tert-OH is 1. The van der Waals surface area contributed by atoms with Crippen LogP contribution in [0.25, 0.3) is 0 Å². The molecule has 0 atom stereocenters. The second kappa shape index (κ2) is 6.04. The smallest absolute Gasteiger partial charge is 0.259 e. The van der Waals surface area contributed by atoms with Gasteiger partial charge in [0.15, 0.2) is 5.13 Å². The third kappa shape index (κ3) is 3.10. The highest BCUT2D eigenvalue weighted by molar-refractivity contribution is 7.15. The number of amides is 1. The number of pyridine rings is 1. The molecule has 2 heterocycles. The fourth-order valence-corrected chi connectivity index (χ4v) is 3.23. The quantitative estimate of drug-likeness (QED) is 0.826. The van der Waals surface area contributed by atoms with Crippen LogP contribution in [0.2, 0.25) is 0 Å². The van der Waals surface area contributed by atoms with Crippen LogP contribution < -0.4 is 5.32 Å². The average Bonchev–Trinajstić information content (AvgIpc) is 3.06. The number of aliphatic hydroxyl groups is 1. The van der Waals surface area contributed by atoms with E-state index in [9.17, 15) is 4.79 Å². The lowest BCUT2D eigenvalue weighted by atomic mass is 10.2. The molecule has 0 spiro atoms. The number of carbonyl (C=O) groups is 1. The van der Waals surface area contributed by atoms with Crippen molar-refractivity contribution >= 4 is 22.4 Å². The fourth-order valence-electron chi connectivity index (χ4n) is 2.19. The molecule has 106 valence electrons. The van der Waals surface area contributed by atoms with E-state index in [-0.39, 0.29) is 12.5 Å². The molecule has 0 saturated heterocycles. The third-order valence-electron chi connectivity index (χ3n) is 3.13. The maximum atomic E-state index is 12.2. The van der Waals surface area contributed by atoms with Crippen molar-refractivity contribution in [2.24, 2.45) is 0 Å². The Morgan fingerprint density at radius 1 is 1.43 bits per heavy atom. The van der Waals surface area contributed by atoms with E-state index in [4.69, 9.17) is 5.11 Å². The fraction of sp³-hybridized carbons (Fsp3) is 0.267. The molecule has 1 aliphatic carbocycles. The highest BCUT2D eigenvalue weighted by atomic mass is 32.1. The van der Waals surface area contributed by atoms with E-state index in [0.717, 1.165) is 25.0 Å². The Bertz CT molecular complexity index is 721. The van der Waals surface area contributed by atoms with Gasteiger partial charge < -0.3 is 5.11 Å². The number of aryl methyl sites for hydroxylation is 2. The molecule has 0 radical (unpaired) electrons. The van der Waals surface area contributed by atoms with Gasteiger partial charge >= 0.3 is 0 Å². The van der Waals surface area contributed by atoms with Crippen LogP contribution in [-0.4, -0.2) is 27.6 Å². The van der Waals surface area contributed by atoms with E-state index in [2.05, 4.69) is 27.1 Å². The molecule has 1 aliphatic rings. The molecule has 2 aromatic heterocycles. The number of nitrogens with one attached hydrogen (secondary N) is 1. The SMILES string of the molecule is O=C(Nc1nc2c(s1)CCC2)c1cncc(C#CCO)c1. The van der Waals surface area contributed by atoms with E-state index < -0.39 is 0 Å². The molecular weight excluding hydrogens is 286 g/mol. The van der Waals surface area contributed by atoms with E-state index in [1.54, 1.807) is 12.3 Å². The first kappa shape index (κ1) is 13.7. The van der Waals surface area contributed by atoms with Crippen LogP contribution in [-0.2, 0) is 12.8 Å². The van der Waals surface area contributed by atoms with Crippen molar-refractivity contribution in [3.8, 4) is 11.8 Å². The zero-order chi connectivity index (χ0) is 14.7. The van der Waals surface area contributed by atoms with Gasteiger partial charge in [0.1, 0.15) is 6.61 Å². The summed E-state index contributed by atoms with van der Waals surface area (Å²) in [6.45, 7) is -0.221. The van der Waals surface area contributed by atoms with Crippen LogP contribution in [0, 0.1) is 11.8 Å². The van der Waals surface area contributed by atoms with Gasteiger partial charge in [0.25, 0.3) is 5.91 Å². The number of nitrogens with zero attached hydrogens (tertiary/aromatic N) is 2. The zero-order valence-corrected chi connectivity index (χ0v) is 12.0. The lowest BCUT2D eigenvalue weighted by Crippen LogP contribution is -2.12. The number of carbonyl (C=O) groups excluding carboxylic acids is 1. The van der Waals surface area contributed by atoms with Crippen molar-refractivity contribution in [2.45, 2.75) is 19.3 Å². The molecular formula is C15H13N3O2S. The molecule has 21 heavy (non-hydrogen) atoms. The largest absolute Gasteiger partial charge is 0.384 e. The molecule has 6 heteroatoms. The Morgan fingerprint density at radius 3 is 3.14 bits per heavy atom.